The number of thiazole rings is 1. The fourth-order valence-corrected chi connectivity index (χ4v) is 3.92. The normalized spacial score (nSPS) is 10.8. The van der Waals surface area contributed by atoms with Gasteiger partial charge in [-0.2, -0.15) is 0 Å². The molecule has 0 aliphatic carbocycles. The molecule has 0 aliphatic heterocycles. The number of hydrogen-bond donors (Lipinski definition) is 0. The number of carbonyl (C=O) groups is 1. The number of fused-ring (bicyclic) bond motifs is 1. The van der Waals surface area contributed by atoms with Crippen molar-refractivity contribution in [2.75, 3.05) is 32.1 Å². The van der Waals surface area contributed by atoms with Crippen molar-refractivity contribution in [3.8, 4) is 0 Å². The number of aromatic nitrogens is 1. The molecule has 154 valence electrons. The summed E-state index contributed by atoms with van der Waals surface area (Å²) in [4.78, 5) is 31.6. The minimum Gasteiger partial charge on any atom is -0.308 e. The predicted octanol–water partition coefficient (Wildman–Crippen LogP) is 4.42. The summed E-state index contributed by atoms with van der Waals surface area (Å²) in [7, 11) is 3.88. The Morgan fingerprint density at radius 2 is 1.86 bits per heavy atom. The maximum absolute atomic E-state index is 13.0. The van der Waals surface area contributed by atoms with E-state index in [4.69, 9.17) is 11.6 Å². The van der Waals surface area contributed by atoms with E-state index in [9.17, 15) is 14.9 Å². The SMILES string of the molecule is CN(C)CCN(C(=O)Cc1ccc([N+](=O)[O-])cc1)c1nc2ccc(Cl)cc2s1.Cl. The predicted molar refractivity (Wildman–Crippen MR) is 120 cm³/mol. The van der Waals surface area contributed by atoms with Gasteiger partial charge in [-0.15, -0.1) is 12.4 Å². The summed E-state index contributed by atoms with van der Waals surface area (Å²) in [5.74, 6) is -0.110. The van der Waals surface area contributed by atoms with Gasteiger partial charge in [0.05, 0.1) is 21.6 Å². The molecule has 29 heavy (non-hydrogen) atoms. The van der Waals surface area contributed by atoms with Crippen molar-refractivity contribution in [1.82, 2.24) is 9.88 Å². The Labute approximate surface area is 183 Å². The molecule has 10 heteroatoms. The first-order valence-electron chi connectivity index (χ1n) is 8.58. The van der Waals surface area contributed by atoms with Crippen LogP contribution in [0.3, 0.4) is 0 Å². The molecule has 0 N–H and O–H groups in total. The van der Waals surface area contributed by atoms with E-state index in [1.807, 2.05) is 31.1 Å². The van der Waals surface area contributed by atoms with Gasteiger partial charge in [0.2, 0.25) is 5.91 Å². The lowest BCUT2D eigenvalue weighted by Crippen LogP contribution is -2.37. The van der Waals surface area contributed by atoms with Crippen LogP contribution in [0.4, 0.5) is 10.8 Å². The molecule has 2 aromatic carbocycles. The van der Waals surface area contributed by atoms with Crippen LogP contribution >= 0.6 is 35.3 Å². The van der Waals surface area contributed by atoms with Crippen molar-refractivity contribution < 1.29 is 9.72 Å². The van der Waals surface area contributed by atoms with Gasteiger partial charge in [-0.3, -0.25) is 19.8 Å². The van der Waals surface area contributed by atoms with Gasteiger partial charge in [-0.1, -0.05) is 35.1 Å². The lowest BCUT2D eigenvalue weighted by molar-refractivity contribution is -0.384. The molecule has 3 rings (SSSR count). The van der Waals surface area contributed by atoms with E-state index in [0.29, 0.717) is 23.2 Å². The summed E-state index contributed by atoms with van der Waals surface area (Å²) in [6.07, 6.45) is 0.141. The molecular formula is C19H20Cl2N4O3S. The highest BCUT2D eigenvalue weighted by atomic mass is 35.5. The van der Waals surface area contributed by atoms with Crippen LogP contribution in [0.5, 0.6) is 0 Å². The van der Waals surface area contributed by atoms with Crippen LogP contribution in [0.1, 0.15) is 5.56 Å². The van der Waals surface area contributed by atoms with Crippen LogP contribution in [0, 0.1) is 10.1 Å². The Morgan fingerprint density at radius 3 is 2.48 bits per heavy atom. The Hall–Kier alpha value is -2.26. The average molecular weight is 455 g/mol. The van der Waals surface area contributed by atoms with Crippen LogP contribution in [-0.2, 0) is 11.2 Å². The second-order valence-corrected chi connectivity index (χ2v) is 8.00. The first-order valence-corrected chi connectivity index (χ1v) is 9.77. The first-order chi connectivity index (χ1) is 13.3. The molecule has 1 amide bonds. The molecule has 0 atom stereocenters. The summed E-state index contributed by atoms with van der Waals surface area (Å²) in [5, 5.41) is 12.0. The van der Waals surface area contributed by atoms with Gasteiger partial charge >= 0.3 is 0 Å². The molecule has 1 aromatic heterocycles. The van der Waals surface area contributed by atoms with Crippen LogP contribution in [0.2, 0.25) is 5.02 Å². The molecule has 0 spiro atoms. The Kier molecular flexibility index (Phi) is 7.92. The molecule has 7 nitrogen and oxygen atoms in total. The number of amides is 1. The largest absolute Gasteiger partial charge is 0.308 e. The second-order valence-electron chi connectivity index (χ2n) is 6.56. The number of likely N-dealkylation sites (N-methyl/N-ethyl adjacent to an activating group) is 1. The number of carbonyl (C=O) groups excluding carboxylic acids is 1. The fraction of sp³-hybridized carbons (Fsp3) is 0.263. The first kappa shape index (κ1) is 23.0. The highest BCUT2D eigenvalue weighted by Gasteiger charge is 2.20. The van der Waals surface area contributed by atoms with Gasteiger partial charge in [-0.25, -0.2) is 4.98 Å². The topological polar surface area (TPSA) is 79.6 Å². The second kappa shape index (κ2) is 9.98. The smallest absolute Gasteiger partial charge is 0.269 e. The van der Waals surface area contributed by atoms with Crippen LogP contribution in [0.15, 0.2) is 42.5 Å². The van der Waals surface area contributed by atoms with Crippen LogP contribution < -0.4 is 4.90 Å². The summed E-state index contributed by atoms with van der Waals surface area (Å²) in [6, 6.07) is 11.5. The number of benzene rings is 2. The third-order valence-corrected chi connectivity index (χ3v) is 5.42. The number of anilines is 1. The zero-order valence-corrected chi connectivity index (χ0v) is 18.3. The zero-order chi connectivity index (χ0) is 20.3. The third-order valence-electron chi connectivity index (χ3n) is 4.14. The quantitative estimate of drug-likeness (QED) is 0.389. The van der Waals surface area contributed by atoms with Crippen LogP contribution in [-0.4, -0.2) is 47.9 Å². The van der Waals surface area contributed by atoms with Gasteiger partial charge < -0.3 is 4.90 Å². The standard InChI is InChI=1S/C19H19ClN4O3S.ClH/c1-22(2)9-10-23(19-21-16-8-5-14(20)12-17(16)28-19)18(25)11-13-3-6-15(7-4-13)24(26)27;/h3-8,12H,9-11H2,1-2H3;1H. The Morgan fingerprint density at radius 1 is 1.17 bits per heavy atom. The molecule has 0 aliphatic rings. The fourth-order valence-electron chi connectivity index (χ4n) is 2.63. The summed E-state index contributed by atoms with van der Waals surface area (Å²) < 4.78 is 0.917. The molecule has 0 radical (unpaired) electrons. The Balaban J connectivity index is 0.00000300. The van der Waals surface area contributed by atoms with Crippen molar-refractivity contribution >= 4 is 62.3 Å². The highest BCUT2D eigenvalue weighted by molar-refractivity contribution is 7.22. The summed E-state index contributed by atoms with van der Waals surface area (Å²) in [5.41, 5.74) is 1.51. The van der Waals surface area contributed by atoms with E-state index in [1.54, 1.807) is 23.1 Å². The molecule has 0 bridgehead atoms. The number of rotatable bonds is 7. The summed E-state index contributed by atoms with van der Waals surface area (Å²) in [6.45, 7) is 1.18. The van der Waals surface area contributed by atoms with Gasteiger partial charge in [0.15, 0.2) is 5.13 Å². The number of nitro benzene ring substituents is 1. The van der Waals surface area contributed by atoms with E-state index in [1.165, 1.54) is 23.5 Å². The van der Waals surface area contributed by atoms with Crippen molar-refractivity contribution in [3.05, 3.63) is 63.2 Å². The van der Waals surface area contributed by atoms with Gasteiger partial charge in [0.25, 0.3) is 5.69 Å². The average Bonchev–Trinajstić information content (AvgIpc) is 3.04. The number of nitro groups is 1. The van der Waals surface area contributed by atoms with E-state index >= 15 is 0 Å². The zero-order valence-electron chi connectivity index (χ0n) is 15.9. The van der Waals surface area contributed by atoms with Crippen molar-refractivity contribution in [1.29, 1.82) is 0 Å². The maximum atomic E-state index is 13.0. The third kappa shape index (κ3) is 5.86. The number of hydrogen-bond acceptors (Lipinski definition) is 6. The molecule has 3 aromatic rings. The van der Waals surface area contributed by atoms with Crippen molar-refractivity contribution in [3.63, 3.8) is 0 Å². The molecular weight excluding hydrogens is 435 g/mol. The summed E-state index contributed by atoms with van der Waals surface area (Å²) >= 11 is 7.48. The van der Waals surface area contributed by atoms with Gasteiger partial charge in [0.1, 0.15) is 0 Å². The van der Waals surface area contributed by atoms with Crippen LogP contribution in [0.25, 0.3) is 10.2 Å². The van der Waals surface area contributed by atoms with Gasteiger partial charge in [-0.05, 0) is 37.9 Å². The molecule has 0 unspecified atom stereocenters. The Bertz CT molecular complexity index is 1010. The van der Waals surface area contributed by atoms with E-state index in [2.05, 4.69) is 4.98 Å². The van der Waals surface area contributed by atoms with Crippen molar-refractivity contribution in [2.45, 2.75) is 6.42 Å². The van der Waals surface area contributed by atoms with E-state index < -0.39 is 4.92 Å². The molecule has 0 saturated heterocycles. The number of non-ortho nitro benzene ring substituents is 1. The highest BCUT2D eigenvalue weighted by Crippen LogP contribution is 2.31. The van der Waals surface area contributed by atoms with E-state index in [-0.39, 0.29) is 30.4 Å². The molecule has 0 saturated carbocycles. The molecule has 0 fully saturated rings. The maximum Gasteiger partial charge on any atom is 0.269 e. The minimum absolute atomic E-state index is 0. The van der Waals surface area contributed by atoms with Crippen molar-refractivity contribution in [2.24, 2.45) is 0 Å². The van der Waals surface area contributed by atoms with E-state index in [0.717, 1.165) is 15.8 Å². The number of halogens is 2. The minimum atomic E-state index is -0.457. The lowest BCUT2D eigenvalue weighted by atomic mass is 10.1. The lowest BCUT2D eigenvalue weighted by Gasteiger charge is -2.22. The number of nitrogens with zero attached hydrogens (tertiary/aromatic N) is 4. The molecule has 1 heterocycles. The van der Waals surface area contributed by atoms with Gasteiger partial charge in [0, 0.05) is 30.2 Å². The monoisotopic (exact) mass is 454 g/mol.